The highest BCUT2D eigenvalue weighted by Gasteiger charge is 2.25. The molecular weight excluding hydrogens is 606 g/mol. The third-order valence-corrected chi connectivity index (χ3v) is 8.93. The molecule has 0 saturated heterocycles. The van der Waals surface area contributed by atoms with Gasteiger partial charge in [-0.05, 0) is 111 Å². The predicted molar refractivity (Wildman–Crippen MR) is 186 cm³/mol. The van der Waals surface area contributed by atoms with Gasteiger partial charge in [0.25, 0.3) is 5.91 Å². The van der Waals surface area contributed by atoms with Gasteiger partial charge >= 0.3 is 5.97 Å². The maximum Gasteiger partial charge on any atom is 0.326 e. The van der Waals surface area contributed by atoms with Crippen molar-refractivity contribution in [3.8, 4) is 16.9 Å². The largest absolute Gasteiger partial charge is 0.493 e. The number of nitrogens with two attached hydrogens (primary N) is 1. The Morgan fingerprint density at radius 1 is 1.04 bits per heavy atom. The number of hydrogen-bond donors (Lipinski definition) is 3. The number of benzene rings is 3. The lowest BCUT2D eigenvalue weighted by Crippen LogP contribution is -2.40. The first-order valence-corrected chi connectivity index (χ1v) is 16.7. The number of aromatic nitrogens is 2. The Morgan fingerprint density at radius 3 is 2.67 bits per heavy atom. The molecule has 0 bridgehead atoms. The number of nitrogens with zero attached hydrogens (tertiary/aromatic N) is 3. The van der Waals surface area contributed by atoms with Gasteiger partial charge < -0.3 is 25.8 Å². The monoisotopic (exact) mass is 651 g/mol. The Kier molecular flexibility index (Phi) is 11.6. The fraction of sp³-hybridized carbons (Fsp3) is 0.368. The van der Waals surface area contributed by atoms with Crippen molar-refractivity contribution >= 4 is 23.5 Å². The SMILES string of the molecule is Cc1cccc(OCCCC(=O)N2CCCc3c(-c4cnn(Cc5cccc(C(=O)NC(CCCCN)C(=O)O)c5)c4)cccc32)c1C. The Morgan fingerprint density at radius 2 is 1.85 bits per heavy atom. The van der Waals surface area contributed by atoms with Crippen LogP contribution in [-0.4, -0.2) is 58.4 Å². The lowest BCUT2D eigenvalue weighted by Gasteiger charge is -2.31. The first-order valence-electron chi connectivity index (χ1n) is 16.7. The summed E-state index contributed by atoms with van der Waals surface area (Å²) in [6, 6.07) is 18.3. The Labute approximate surface area is 281 Å². The quantitative estimate of drug-likeness (QED) is 0.141. The van der Waals surface area contributed by atoms with Crippen LogP contribution >= 0.6 is 0 Å². The number of nitrogens with one attached hydrogen (secondary N) is 1. The van der Waals surface area contributed by atoms with Crippen LogP contribution in [0.2, 0.25) is 0 Å². The van der Waals surface area contributed by atoms with Crippen LogP contribution in [0, 0.1) is 13.8 Å². The molecular formula is C38H45N5O5. The molecule has 2 heterocycles. The molecule has 10 heteroatoms. The van der Waals surface area contributed by atoms with Crippen molar-refractivity contribution < 1.29 is 24.2 Å². The van der Waals surface area contributed by atoms with E-state index in [1.807, 2.05) is 59.2 Å². The smallest absolute Gasteiger partial charge is 0.326 e. The van der Waals surface area contributed by atoms with Crippen LogP contribution < -0.4 is 20.7 Å². The minimum Gasteiger partial charge on any atom is -0.493 e. The Bertz CT molecular complexity index is 1750. The van der Waals surface area contributed by atoms with Crippen LogP contribution in [-0.2, 0) is 22.6 Å². The molecule has 0 saturated carbocycles. The van der Waals surface area contributed by atoms with Crippen molar-refractivity contribution in [3.63, 3.8) is 0 Å². The molecule has 1 aliphatic rings. The number of ether oxygens (including phenoxy) is 1. The fourth-order valence-corrected chi connectivity index (χ4v) is 6.15. The summed E-state index contributed by atoms with van der Waals surface area (Å²) in [4.78, 5) is 39.8. The molecule has 0 radical (unpaired) electrons. The van der Waals surface area contributed by atoms with Crippen molar-refractivity contribution in [3.05, 3.63) is 101 Å². The van der Waals surface area contributed by atoms with Gasteiger partial charge in [-0.15, -0.1) is 0 Å². The Hall–Kier alpha value is -4.96. The van der Waals surface area contributed by atoms with Gasteiger partial charge in [0.05, 0.1) is 19.3 Å². The Balaban J connectivity index is 1.22. The standard InChI is InChI=1S/C38H45N5O5/c1-26-10-5-17-35(27(26)2)48-21-9-18-36(44)43-20-8-14-32-31(13-7-16-34(32)43)30-23-40-42(25-30)24-28-11-6-12-29(22-28)37(45)41-33(38(46)47)15-3-4-19-39/h5-7,10-13,16-17,22-23,25,33H,3-4,8-9,14-15,18-21,24,39H2,1-2H3,(H,41,45)(H,46,47). The van der Waals surface area contributed by atoms with Gasteiger partial charge in [0.1, 0.15) is 11.8 Å². The molecule has 1 aliphatic heterocycles. The van der Waals surface area contributed by atoms with Gasteiger partial charge in [-0.1, -0.05) is 36.4 Å². The molecule has 252 valence electrons. The van der Waals surface area contributed by atoms with E-state index in [0.29, 0.717) is 63.9 Å². The highest BCUT2D eigenvalue weighted by atomic mass is 16.5. The van der Waals surface area contributed by atoms with Crippen LogP contribution in [0.1, 0.15) is 71.1 Å². The maximum absolute atomic E-state index is 13.4. The number of amides is 2. The van der Waals surface area contributed by atoms with Crippen LogP contribution in [0.25, 0.3) is 11.1 Å². The number of rotatable bonds is 15. The third kappa shape index (κ3) is 8.49. The lowest BCUT2D eigenvalue weighted by atomic mass is 9.93. The van der Waals surface area contributed by atoms with E-state index in [0.717, 1.165) is 52.1 Å². The lowest BCUT2D eigenvalue weighted by molar-refractivity contribution is -0.139. The van der Waals surface area contributed by atoms with Crippen molar-refractivity contribution in [1.29, 1.82) is 0 Å². The summed E-state index contributed by atoms with van der Waals surface area (Å²) in [5, 5.41) is 16.8. The second-order valence-electron chi connectivity index (χ2n) is 12.4. The number of carboxylic acid groups (broad SMARTS) is 1. The minimum absolute atomic E-state index is 0.0995. The van der Waals surface area contributed by atoms with Crippen LogP contribution in [0.4, 0.5) is 5.69 Å². The first-order chi connectivity index (χ1) is 23.2. The molecule has 4 N–H and O–H groups in total. The van der Waals surface area contributed by atoms with Gasteiger partial charge in [0.2, 0.25) is 5.91 Å². The molecule has 5 rings (SSSR count). The van der Waals surface area contributed by atoms with Crippen molar-refractivity contribution in [2.75, 3.05) is 24.6 Å². The highest BCUT2D eigenvalue weighted by Crippen LogP contribution is 2.36. The van der Waals surface area contributed by atoms with Gasteiger partial charge in [0.15, 0.2) is 0 Å². The maximum atomic E-state index is 13.4. The van der Waals surface area contributed by atoms with Gasteiger partial charge in [0, 0.05) is 36.0 Å². The molecule has 1 unspecified atom stereocenters. The summed E-state index contributed by atoms with van der Waals surface area (Å²) < 4.78 is 7.80. The zero-order valence-corrected chi connectivity index (χ0v) is 27.8. The van der Waals surface area contributed by atoms with Gasteiger partial charge in [-0.25, -0.2) is 4.79 Å². The summed E-state index contributed by atoms with van der Waals surface area (Å²) in [6.07, 6.45) is 8.27. The van der Waals surface area contributed by atoms with E-state index in [2.05, 4.69) is 29.5 Å². The van der Waals surface area contributed by atoms with Gasteiger partial charge in [-0.3, -0.25) is 14.3 Å². The molecule has 2 amide bonds. The fourth-order valence-electron chi connectivity index (χ4n) is 6.15. The predicted octanol–water partition coefficient (Wildman–Crippen LogP) is 5.67. The number of fused-ring (bicyclic) bond motifs is 1. The molecule has 0 aliphatic carbocycles. The van der Waals surface area contributed by atoms with E-state index in [4.69, 9.17) is 10.5 Å². The number of hydrogen-bond acceptors (Lipinski definition) is 6. The number of carbonyl (C=O) groups excluding carboxylic acids is 2. The average Bonchev–Trinajstić information content (AvgIpc) is 3.55. The van der Waals surface area contributed by atoms with E-state index < -0.39 is 17.9 Å². The van der Waals surface area contributed by atoms with E-state index in [-0.39, 0.29) is 5.91 Å². The average molecular weight is 652 g/mol. The molecule has 0 fully saturated rings. The van der Waals surface area contributed by atoms with Crippen LogP contribution in [0.3, 0.4) is 0 Å². The zero-order valence-electron chi connectivity index (χ0n) is 27.8. The number of aliphatic carboxylic acids is 1. The second kappa shape index (κ2) is 16.2. The van der Waals surface area contributed by atoms with E-state index >= 15 is 0 Å². The van der Waals surface area contributed by atoms with Crippen molar-refractivity contribution in [2.45, 2.75) is 71.4 Å². The summed E-state index contributed by atoms with van der Waals surface area (Å²) >= 11 is 0. The number of carbonyl (C=O) groups is 3. The molecule has 0 spiro atoms. The van der Waals surface area contributed by atoms with E-state index in [9.17, 15) is 19.5 Å². The minimum atomic E-state index is -1.06. The van der Waals surface area contributed by atoms with E-state index in [1.54, 1.807) is 18.2 Å². The molecule has 3 aromatic carbocycles. The summed E-state index contributed by atoms with van der Waals surface area (Å²) in [6.45, 7) is 6.21. The van der Waals surface area contributed by atoms with Crippen LogP contribution in [0.15, 0.2) is 73.1 Å². The van der Waals surface area contributed by atoms with Crippen molar-refractivity contribution in [2.24, 2.45) is 5.73 Å². The topological polar surface area (TPSA) is 140 Å². The second-order valence-corrected chi connectivity index (χ2v) is 12.4. The molecule has 10 nitrogen and oxygen atoms in total. The number of anilines is 1. The van der Waals surface area contributed by atoms with Crippen molar-refractivity contribution in [1.82, 2.24) is 15.1 Å². The molecule has 1 aromatic heterocycles. The third-order valence-electron chi connectivity index (χ3n) is 8.93. The summed E-state index contributed by atoms with van der Waals surface area (Å²) in [5.74, 6) is -0.521. The summed E-state index contributed by atoms with van der Waals surface area (Å²) in [5.41, 5.74) is 13.2. The zero-order chi connectivity index (χ0) is 34.0. The molecule has 4 aromatic rings. The number of carboxylic acids is 1. The van der Waals surface area contributed by atoms with E-state index in [1.165, 1.54) is 5.56 Å². The highest BCUT2D eigenvalue weighted by molar-refractivity contribution is 5.97. The normalized spacial score (nSPS) is 13.1. The summed E-state index contributed by atoms with van der Waals surface area (Å²) in [7, 11) is 0. The molecule has 1 atom stereocenters. The van der Waals surface area contributed by atoms with Gasteiger partial charge in [-0.2, -0.15) is 5.10 Å². The number of aryl methyl sites for hydroxylation is 1. The first kappa shape index (κ1) is 34.4. The number of unbranched alkanes of at least 4 members (excludes halogenated alkanes) is 1. The molecule has 48 heavy (non-hydrogen) atoms. The van der Waals surface area contributed by atoms with Crippen LogP contribution in [0.5, 0.6) is 5.75 Å².